The van der Waals surface area contributed by atoms with Gasteiger partial charge < -0.3 is 5.73 Å². The highest BCUT2D eigenvalue weighted by molar-refractivity contribution is 9.10. The summed E-state index contributed by atoms with van der Waals surface area (Å²) < 4.78 is 0.813. The highest BCUT2D eigenvalue weighted by atomic mass is 79.9. The second kappa shape index (κ2) is 3.78. The molecule has 0 atom stereocenters. The average molecular weight is 231 g/mol. The third-order valence-electron chi connectivity index (χ3n) is 1.20. The van der Waals surface area contributed by atoms with Crippen molar-refractivity contribution in [1.29, 1.82) is 0 Å². The molecule has 0 radical (unpaired) electrons. The molecule has 4 heteroatoms. The van der Waals surface area contributed by atoms with Crippen molar-refractivity contribution in [3.63, 3.8) is 0 Å². The molecule has 0 amide bonds. The first-order valence-corrected chi connectivity index (χ1v) is 4.28. The van der Waals surface area contributed by atoms with Crippen LogP contribution in [0.4, 0.5) is 0 Å². The summed E-state index contributed by atoms with van der Waals surface area (Å²) in [5.41, 5.74) is 6.40. The fourth-order valence-electron chi connectivity index (χ4n) is 0.739. The molecule has 11 heavy (non-hydrogen) atoms. The van der Waals surface area contributed by atoms with Gasteiger partial charge in [-0.3, -0.25) is 0 Å². The Morgan fingerprint density at radius 1 is 1.73 bits per heavy atom. The van der Waals surface area contributed by atoms with Gasteiger partial charge in [0.05, 0.1) is 4.99 Å². The first kappa shape index (κ1) is 8.62. The highest BCUT2D eigenvalue weighted by Crippen LogP contribution is 2.12. The van der Waals surface area contributed by atoms with Crippen LogP contribution in [0, 0.1) is 0 Å². The van der Waals surface area contributed by atoms with Crippen molar-refractivity contribution < 1.29 is 0 Å². The minimum Gasteiger partial charge on any atom is -0.393 e. The molecule has 0 aliphatic rings. The van der Waals surface area contributed by atoms with E-state index >= 15 is 0 Å². The molecule has 0 saturated carbocycles. The number of halogens is 1. The predicted octanol–water partition coefficient (Wildman–Crippen LogP) is 1.67. The number of thiocarbonyl (C=S) groups is 1. The van der Waals surface area contributed by atoms with Crippen molar-refractivity contribution in [3.05, 3.63) is 28.5 Å². The second-order valence-corrected chi connectivity index (χ2v) is 3.37. The average Bonchev–Trinajstić information content (AvgIpc) is 1.93. The van der Waals surface area contributed by atoms with Crippen LogP contribution in [-0.2, 0) is 6.42 Å². The molecule has 2 N–H and O–H groups in total. The van der Waals surface area contributed by atoms with Crippen molar-refractivity contribution >= 4 is 33.1 Å². The van der Waals surface area contributed by atoms with Crippen molar-refractivity contribution in [2.75, 3.05) is 0 Å². The van der Waals surface area contributed by atoms with E-state index in [0.29, 0.717) is 11.4 Å². The number of rotatable bonds is 2. The summed E-state index contributed by atoms with van der Waals surface area (Å²) in [5.74, 6) is 0. The molecule has 58 valence electrons. The number of hydrogen-bond acceptors (Lipinski definition) is 2. The molecular formula is C7H7BrN2S. The minimum atomic E-state index is 0.485. The summed E-state index contributed by atoms with van der Waals surface area (Å²) in [6.45, 7) is 0. The second-order valence-electron chi connectivity index (χ2n) is 2.10. The lowest BCUT2D eigenvalue weighted by Crippen LogP contribution is -2.11. The summed E-state index contributed by atoms with van der Waals surface area (Å²) in [7, 11) is 0. The maximum atomic E-state index is 5.38. The summed E-state index contributed by atoms with van der Waals surface area (Å²) in [6, 6.07) is 3.80. The van der Waals surface area contributed by atoms with Gasteiger partial charge in [0.25, 0.3) is 0 Å². The summed E-state index contributed by atoms with van der Waals surface area (Å²) in [4.78, 5) is 4.52. The fourth-order valence-corrected chi connectivity index (χ4v) is 1.28. The lowest BCUT2D eigenvalue weighted by atomic mass is 10.2. The predicted molar refractivity (Wildman–Crippen MR) is 52.4 cm³/mol. The van der Waals surface area contributed by atoms with Crippen LogP contribution in [0.2, 0.25) is 0 Å². The van der Waals surface area contributed by atoms with Gasteiger partial charge in [-0.1, -0.05) is 18.3 Å². The number of pyridine rings is 1. The molecule has 1 rings (SSSR count). The van der Waals surface area contributed by atoms with Gasteiger partial charge in [-0.25, -0.2) is 4.98 Å². The SMILES string of the molecule is NC(=S)Cc1cccnc1Br. The maximum Gasteiger partial charge on any atom is 0.109 e. The number of aromatic nitrogens is 1. The summed E-state index contributed by atoms with van der Waals surface area (Å²) >= 11 is 8.06. The van der Waals surface area contributed by atoms with Crippen LogP contribution in [0.15, 0.2) is 22.9 Å². The van der Waals surface area contributed by atoms with E-state index in [-0.39, 0.29) is 0 Å². The van der Waals surface area contributed by atoms with Crippen molar-refractivity contribution in [1.82, 2.24) is 4.98 Å². The molecule has 2 nitrogen and oxygen atoms in total. The fraction of sp³-hybridized carbons (Fsp3) is 0.143. The Kier molecular flexibility index (Phi) is 2.96. The molecule has 0 aromatic carbocycles. The van der Waals surface area contributed by atoms with E-state index in [1.165, 1.54) is 0 Å². The lowest BCUT2D eigenvalue weighted by Gasteiger charge is -1.99. The van der Waals surface area contributed by atoms with E-state index in [0.717, 1.165) is 10.2 Å². The number of nitrogens with zero attached hydrogens (tertiary/aromatic N) is 1. The standard InChI is InChI=1S/C7H7BrN2S/c8-7-5(4-6(9)11)2-1-3-10-7/h1-3H,4H2,(H2,9,11). The van der Waals surface area contributed by atoms with Gasteiger partial charge in [0.15, 0.2) is 0 Å². The minimum absolute atomic E-state index is 0.485. The Balaban J connectivity index is 2.86. The Labute approximate surface area is 78.9 Å². The highest BCUT2D eigenvalue weighted by Gasteiger charge is 1.99. The van der Waals surface area contributed by atoms with Gasteiger partial charge in [-0.05, 0) is 27.6 Å². The zero-order valence-electron chi connectivity index (χ0n) is 5.75. The number of hydrogen-bond donors (Lipinski definition) is 1. The topological polar surface area (TPSA) is 38.9 Å². The maximum absolute atomic E-state index is 5.38. The summed E-state index contributed by atoms with van der Waals surface area (Å²) in [5, 5.41) is 0. The first-order valence-electron chi connectivity index (χ1n) is 3.08. The molecular weight excluding hydrogens is 224 g/mol. The zero-order valence-corrected chi connectivity index (χ0v) is 8.15. The Bertz CT molecular complexity index is 275. The molecule has 0 spiro atoms. The van der Waals surface area contributed by atoms with E-state index in [9.17, 15) is 0 Å². The van der Waals surface area contributed by atoms with Crippen molar-refractivity contribution in [3.8, 4) is 0 Å². The molecule has 0 bridgehead atoms. The van der Waals surface area contributed by atoms with Crippen LogP contribution in [0.1, 0.15) is 5.56 Å². The lowest BCUT2D eigenvalue weighted by molar-refractivity contribution is 1.18. The van der Waals surface area contributed by atoms with Crippen LogP contribution in [-0.4, -0.2) is 9.97 Å². The van der Waals surface area contributed by atoms with Gasteiger partial charge in [0.2, 0.25) is 0 Å². The van der Waals surface area contributed by atoms with Crippen molar-refractivity contribution in [2.24, 2.45) is 5.73 Å². The quantitative estimate of drug-likeness (QED) is 0.621. The van der Waals surface area contributed by atoms with Gasteiger partial charge in [0.1, 0.15) is 4.60 Å². The summed E-state index contributed by atoms with van der Waals surface area (Å²) in [6.07, 6.45) is 2.32. The van der Waals surface area contributed by atoms with E-state index in [1.807, 2.05) is 12.1 Å². The van der Waals surface area contributed by atoms with Crippen LogP contribution in [0.5, 0.6) is 0 Å². The molecule has 1 heterocycles. The molecule has 1 aromatic heterocycles. The van der Waals surface area contributed by atoms with E-state index in [4.69, 9.17) is 18.0 Å². The normalized spacial score (nSPS) is 9.55. The van der Waals surface area contributed by atoms with E-state index < -0.39 is 0 Å². The van der Waals surface area contributed by atoms with Gasteiger partial charge >= 0.3 is 0 Å². The van der Waals surface area contributed by atoms with Crippen LogP contribution < -0.4 is 5.73 Å². The molecule has 0 aliphatic heterocycles. The first-order chi connectivity index (χ1) is 5.20. The molecule has 0 unspecified atom stereocenters. The van der Waals surface area contributed by atoms with E-state index in [2.05, 4.69) is 20.9 Å². The molecule has 0 aliphatic carbocycles. The molecule has 1 aromatic rings. The third kappa shape index (κ3) is 2.55. The third-order valence-corrected chi connectivity index (χ3v) is 2.06. The van der Waals surface area contributed by atoms with Gasteiger partial charge in [-0.15, -0.1) is 0 Å². The monoisotopic (exact) mass is 230 g/mol. The van der Waals surface area contributed by atoms with E-state index in [1.54, 1.807) is 6.20 Å². The Morgan fingerprint density at radius 2 is 2.45 bits per heavy atom. The largest absolute Gasteiger partial charge is 0.393 e. The van der Waals surface area contributed by atoms with Gasteiger partial charge in [0, 0.05) is 12.6 Å². The zero-order chi connectivity index (χ0) is 8.27. The Morgan fingerprint density at radius 3 is 3.00 bits per heavy atom. The van der Waals surface area contributed by atoms with Crippen LogP contribution in [0.3, 0.4) is 0 Å². The van der Waals surface area contributed by atoms with Crippen molar-refractivity contribution in [2.45, 2.75) is 6.42 Å². The smallest absolute Gasteiger partial charge is 0.109 e. The van der Waals surface area contributed by atoms with Crippen LogP contribution in [0.25, 0.3) is 0 Å². The number of nitrogens with two attached hydrogens (primary N) is 1. The molecule has 0 fully saturated rings. The Hall–Kier alpha value is -0.480. The molecule has 0 saturated heterocycles. The van der Waals surface area contributed by atoms with Crippen LogP contribution >= 0.6 is 28.1 Å². The van der Waals surface area contributed by atoms with Gasteiger partial charge in [-0.2, -0.15) is 0 Å².